The van der Waals surface area contributed by atoms with Crippen molar-refractivity contribution in [1.82, 2.24) is 9.47 Å². The molecule has 1 aliphatic heterocycles. The lowest BCUT2D eigenvalue weighted by molar-refractivity contribution is -0.137. The summed E-state index contributed by atoms with van der Waals surface area (Å²) in [5.41, 5.74) is 4.44. The Morgan fingerprint density at radius 3 is 2.26 bits per heavy atom. The minimum Gasteiger partial charge on any atom is -0.486 e. The Morgan fingerprint density at radius 2 is 1.58 bits per heavy atom. The SMILES string of the molecule is CN(CCC(Oc1ccc(C(F)(F)F)cc1)c1ccccc1)CC1CCn2c(Cc3ccccc3)ccc21. The second-order valence-corrected chi connectivity index (χ2v) is 10.1. The molecule has 198 valence electrons. The quantitative estimate of drug-likeness (QED) is 0.214. The fraction of sp³-hybridized carbons (Fsp3) is 0.312. The maximum atomic E-state index is 13.0. The molecule has 0 bridgehead atoms. The van der Waals surface area contributed by atoms with Crippen LogP contribution in [0.3, 0.4) is 0 Å². The number of alkyl halides is 3. The number of halogens is 3. The van der Waals surface area contributed by atoms with Gasteiger partial charge in [-0.2, -0.15) is 13.2 Å². The predicted molar refractivity (Wildman–Crippen MR) is 144 cm³/mol. The van der Waals surface area contributed by atoms with Gasteiger partial charge in [0.2, 0.25) is 0 Å². The van der Waals surface area contributed by atoms with Crippen molar-refractivity contribution >= 4 is 0 Å². The summed E-state index contributed by atoms with van der Waals surface area (Å²) in [5.74, 6) is 0.921. The van der Waals surface area contributed by atoms with Crippen LogP contribution >= 0.6 is 0 Å². The van der Waals surface area contributed by atoms with Crippen molar-refractivity contribution < 1.29 is 17.9 Å². The van der Waals surface area contributed by atoms with Gasteiger partial charge in [0.15, 0.2) is 0 Å². The van der Waals surface area contributed by atoms with E-state index in [9.17, 15) is 13.2 Å². The molecule has 0 saturated carbocycles. The van der Waals surface area contributed by atoms with Gasteiger partial charge in [0.05, 0.1) is 5.56 Å². The second-order valence-electron chi connectivity index (χ2n) is 10.1. The minimum absolute atomic E-state index is 0.250. The molecule has 1 aliphatic rings. The number of fused-ring (bicyclic) bond motifs is 1. The van der Waals surface area contributed by atoms with E-state index in [1.165, 1.54) is 29.1 Å². The summed E-state index contributed by atoms with van der Waals surface area (Å²) in [5, 5.41) is 0. The van der Waals surface area contributed by atoms with Crippen LogP contribution in [0.2, 0.25) is 0 Å². The number of aromatic nitrogens is 1. The normalized spacial score (nSPS) is 16.0. The lowest BCUT2D eigenvalue weighted by Gasteiger charge is -2.25. The van der Waals surface area contributed by atoms with E-state index >= 15 is 0 Å². The van der Waals surface area contributed by atoms with E-state index in [0.717, 1.165) is 56.6 Å². The number of likely N-dealkylation sites (N-methyl/N-ethyl adjacent to an activating group) is 1. The molecular formula is C32H33F3N2O. The average Bonchev–Trinajstić information content (AvgIpc) is 3.50. The van der Waals surface area contributed by atoms with Gasteiger partial charge in [-0.1, -0.05) is 60.7 Å². The first-order valence-corrected chi connectivity index (χ1v) is 13.2. The highest BCUT2D eigenvalue weighted by molar-refractivity contribution is 5.31. The summed E-state index contributed by atoms with van der Waals surface area (Å²) in [6.45, 7) is 2.82. The van der Waals surface area contributed by atoms with Crippen molar-refractivity contribution in [3.8, 4) is 5.75 Å². The predicted octanol–water partition coefficient (Wildman–Crippen LogP) is 7.73. The number of benzene rings is 3. The van der Waals surface area contributed by atoms with Crippen LogP contribution in [0.1, 0.15) is 52.9 Å². The van der Waals surface area contributed by atoms with Gasteiger partial charge >= 0.3 is 6.18 Å². The number of ether oxygens (including phenoxy) is 1. The molecule has 0 N–H and O–H groups in total. The Kier molecular flexibility index (Phi) is 7.89. The molecule has 0 radical (unpaired) electrons. The second kappa shape index (κ2) is 11.5. The molecule has 38 heavy (non-hydrogen) atoms. The van der Waals surface area contributed by atoms with Crippen LogP contribution in [0.5, 0.6) is 5.75 Å². The highest BCUT2D eigenvalue weighted by Crippen LogP contribution is 2.34. The van der Waals surface area contributed by atoms with Gasteiger partial charge < -0.3 is 14.2 Å². The summed E-state index contributed by atoms with van der Waals surface area (Å²) in [4.78, 5) is 2.34. The molecule has 3 nitrogen and oxygen atoms in total. The highest BCUT2D eigenvalue weighted by Gasteiger charge is 2.30. The van der Waals surface area contributed by atoms with Crippen molar-refractivity contribution in [2.24, 2.45) is 0 Å². The molecule has 0 fully saturated rings. The van der Waals surface area contributed by atoms with E-state index in [0.29, 0.717) is 11.7 Å². The maximum absolute atomic E-state index is 13.0. The monoisotopic (exact) mass is 518 g/mol. The van der Waals surface area contributed by atoms with Crippen molar-refractivity contribution in [3.05, 3.63) is 125 Å². The van der Waals surface area contributed by atoms with Crippen LogP contribution in [0.4, 0.5) is 13.2 Å². The summed E-state index contributed by atoms with van der Waals surface area (Å²) < 4.78 is 47.6. The lowest BCUT2D eigenvalue weighted by Crippen LogP contribution is -2.27. The van der Waals surface area contributed by atoms with Crippen molar-refractivity contribution in [2.75, 3.05) is 20.1 Å². The Morgan fingerprint density at radius 1 is 0.895 bits per heavy atom. The molecule has 0 saturated heterocycles. The highest BCUT2D eigenvalue weighted by atomic mass is 19.4. The molecule has 0 amide bonds. The van der Waals surface area contributed by atoms with Gasteiger partial charge in [-0.15, -0.1) is 0 Å². The Labute approximate surface area is 222 Å². The van der Waals surface area contributed by atoms with Gasteiger partial charge in [0.1, 0.15) is 11.9 Å². The van der Waals surface area contributed by atoms with Gasteiger partial charge in [-0.25, -0.2) is 0 Å². The standard InChI is InChI=1S/C32H33F3N2O/c1-36(23-26-18-21-37-28(14-17-30(26)37)22-24-8-4-2-5-9-24)20-19-31(25-10-6-3-7-11-25)38-29-15-12-27(13-16-29)32(33,34)35/h2-17,26,31H,18-23H2,1H3. The van der Waals surface area contributed by atoms with Crippen LogP contribution in [0.25, 0.3) is 0 Å². The summed E-state index contributed by atoms with van der Waals surface area (Å²) in [6.07, 6.45) is -1.80. The van der Waals surface area contributed by atoms with Gasteiger partial charge in [-0.3, -0.25) is 0 Å². The molecule has 0 aliphatic carbocycles. The summed E-state index contributed by atoms with van der Waals surface area (Å²) in [6, 6.07) is 30.0. The Balaban J connectivity index is 1.21. The van der Waals surface area contributed by atoms with Crippen molar-refractivity contribution in [1.29, 1.82) is 0 Å². The van der Waals surface area contributed by atoms with E-state index in [-0.39, 0.29) is 6.10 Å². The van der Waals surface area contributed by atoms with Gasteiger partial charge in [0, 0.05) is 49.8 Å². The first-order valence-electron chi connectivity index (χ1n) is 13.2. The third-order valence-electron chi connectivity index (χ3n) is 7.39. The molecule has 1 aromatic heterocycles. The van der Waals surface area contributed by atoms with E-state index in [4.69, 9.17) is 4.74 Å². The first kappa shape index (κ1) is 26.1. The van der Waals surface area contributed by atoms with E-state index < -0.39 is 11.7 Å². The van der Waals surface area contributed by atoms with Crippen LogP contribution in [-0.4, -0.2) is 29.6 Å². The Hall–Kier alpha value is -3.51. The van der Waals surface area contributed by atoms with Crippen molar-refractivity contribution in [3.63, 3.8) is 0 Å². The third-order valence-corrected chi connectivity index (χ3v) is 7.39. The molecular weight excluding hydrogens is 485 g/mol. The van der Waals surface area contributed by atoms with Crippen molar-refractivity contribution in [2.45, 2.75) is 44.0 Å². The third kappa shape index (κ3) is 6.30. The Bertz CT molecular complexity index is 1300. The summed E-state index contributed by atoms with van der Waals surface area (Å²) in [7, 11) is 2.14. The number of nitrogens with zero attached hydrogens (tertiary/aromatic N) is 2. The molecule has 5 rings (SSSR count). The summed E-state index contributed by atoms with van der Waals surface area (Å²) >= 11 is 0. The molecule has 2 heterocycles. The zero-order chi connectivity index (χ0) is 26.5. The topological polar surface area (TPSA) is 17.4 Å². The fourth-order valence-electron chi connectivity index (χ4n) is 5.39. The molecule has 2 unspecified atom stereocenters. The largest absolute Gasteiger partial charge is 0.486 e. The molecule has 3 aromatic carbocycles. The lowest BCUT2D eigenvalue weighted by atomic mass is 10.0. The van der Waals surface area contributed by atoms with Crippen LogP contribution in [0, 0.1) is 0 Å². The van der Waals surface area contributed by atoms with Gasteiger partial charge in [0.25, 0.3) is 0 Å². The van der Waals surface area contributed by atoms with E-state index in [1.807, 2.05) is 30.3 Å². The van der Waals surface area contributed by atoms with E-state index in [1.54, 1.807) is 0 Å². The number of hydrogen-bond acceptors (Lipinski definition) is 2. The molecule has 0 spiro atoms. The first-order chi connectivity index (χ1) is 18.4. The van der Waals surface area contributed by atoms with Gasteiger partial charge in [-0.05, 0) is 61.0 Å². The average molecular weight is 519 g/mol. The van der Waals surface area contributed by atoms with Crippen LogP contribution in [0.15, 0.2) is 97.1 Å². The molecule has 6 heteroatoms. The van der Waals surface area contributed by atoms with Crippen LogP contribution in [-0.2, 0) is 19.1 Å². The molecule has 4 aromatic rings. The fourth-order valence-corrected chi connectivity index (χ4v) is 5.39. The zero-order valence-corrected chi connectivity index (χ0v) is 21.6. The smallest absolute Gasteiger partial charge is 0.416 e. The number of hydrogen-bond donors (Lipinski definition) is 0. The number of rotatable bonds is 10. The minimum atomic E-state index is -4.36. The maximum Gasteiger partial charge on any atom is 0.416 e. The van der Waals surface area contributed by atoms with E-state index in [2.05, 4.69) is 59.0 Å². The molecule has 2 atom stereocenters. The zero-order valence-electron chi connectivity index (χ0n) is 21.6. The van der Waals surface area contributed by atoms with Crippen LogP contribution < -0.4 is 4.74 Å².